The monoisotopic (exact) mass is 186 g/mol. The first-order valence-corrected chi connectivity index (χ1v) is 4.23. The molecule has 0 aromatic heterocycles. The molecule has 1 aliphatic heterocycles. The Morgan fingerprint density at radius 3 is 2.85 bits per heavy atom. The molecule has 3 amide bonds. The topological polar surface area (TPSA) is 78.7 Å². The summed E-state index contributed by atoms with van der Waals surface area (Å²) in [6, 6.07) is -0.164. The first-order valence-electron chi connectivity index (χ1n) is 4.23. The number of carbonyl (C=O) groups excluding carboxylic acids is 2. The normalized spacial score (nSPS) is 16.5. The molecule has 0 bridgehead atoms. The Labute approximate surface area is 76.6 Å². The molecule has 74 valence electrons. The third-order valence-electron chi connectivity index (χ3n) is 1.88. The molecule has 0 radical (unpaired) electrons. The maximum Gasteiger partial charge on any atom is 0.332 e. The predicted octanol–water partition coefficient (Wildman–Crippen LogP) is -1.27. The molecule has 0 atom stereocenters. The number of likely N-dealkylation sites (N-methyl/N-ethyl adjacent to an activating group) is 1. The molecule has 0 aromatic rings. The number of nitrogens with one attached hydrogen (secondary N) is 1. The van der Waals surface area contributed by atoms with Crippen molar-refractivity contribution in [3.63, 3.8) is 0 Å². The molecule has 0 aliphatic carbocycles. The second-order valence-electron chi connectivity index (χ2n) is 2.80. The van der Waals surface area contributed by atoms with Crippen LogP contribution in [0.4, 0.5) is 4.79 Å². The van der Waals surface area contributed by atoms with Crippen molar-refractivity contribution in [3.8, 4) is 0 Å². The van der Waals surface area contributed by atoms with Gasteiger partial charge < -0.3 is 11.1 Å². The number of nitrogens with zero attached hydrogens (tertiary/aromatic N) is 2. The van der Waals surface area contributed by atoms with Gasteiger partial charge in [-0.3, -0.25) is 9.80 Å². The summed E-state index contributed by atoms with van der Waals surface area (Å²) in [7, 11) is 0. The van der Waals surface area contributed by atoms with Gasteiger partial charge in [-0.2, -0.15) is 0 Å². The number of primary amides is 1. The highest BCUT2D eigenvalue weighted by molar-refractivity contribution is 5.78. The van der Waals surface area contributed by atoms with Gasteiger partial charge in [-0.25, -0.2) is 9.80 Å². The molecular formula is C7H14N4O2. The first-order chi connectivity index (χ1) is 6.15. The Morgan fingerprint density at radius 2 is 2.46 bits per heavy atom. The van der Waals surface area contributed by atoms with Crippen molar-refractivity contribution >= 4 is 11.9 Å². The van der Waals surface area contributed by atoms with Gasteiger partial charge in [0.25, 0.3) is 0 Å². The molecule has 1 saturated heterocycles. The van der Waals surface area contributed by atoms with Gasteiger partial charge in [0.05, 0.1) is 13.1 Å². The number of rotatable bonds is 4. The van der Waals surface area contributed by atoms with Crippen LogP contribution < -0.4 is 11.1 Å². The highest BCUT2D eigenvalue weighted by atomic mass is 16.2. The Balaban J connectivity index is 2.54. The Morgan fingerprint density at radius 1 is 1.77 bits per heavy atom. The third-order valence-corrected chi connectivity index (χ3v) is 1.88. The smallest absolute Gasteiger partial charge is 0.332 e. The largest absolute Gasteiger partial charge is 0.368 e. The van der Waals surface area contributed by atoms with Crippen molar-refractivity contribution < 1.29 is 9.59 Å². The zero-order valence-electron chi connectivity index (χ0n) is 7.62. The average Bonchev–Trinajstić information content (AvgIpc) is 2.47. The quantitative estimate of drug-likeness (QED) is 0.575. The van der Waals surface area contributed by atoms with Crippen LogP contribution in [0.5, 0.6) is 0 Å². The minimum atomic E-state index is -0.429. The lowest BCUT2D eigenvalue weighted by atomic mass is 10.5. The lowest BCUT2D eigenvalue weighted by molar-refractivity contribution is -0.122. The van der Waals surface area contributed by atoms with Crippen molar-refractivity contribution in [2.45, 2.75) is 6.92 Å². The van der Waals surface area contributed by atoms with Gasteiger partial charge in [0.15, 0.2) is 0 Å². The number of hydrogen-bond donors (Lipinski definition) is 2. The number of hydrazine groups is 1. The van der Waals surface area contributed by atoms with Crippen molar-refractivity contribution in [1.29, 1.82) is 0 Å². The summed E-state index contributed by atoms with van der Waals surface area (Å²) in [5.74, 6) is -0.429. The van der Waals surface area contributed by atoms with Gasteiger partial charge in [-0.1, -0.05) is 6.92 Å². The fourth-order valence-corrected chi connectivity index (χ4v) is 1.28. The maximum atomic E-state index is 11.2. The van der Waals surface area contributed by atoms with Crippen LogP contribution in [0.25, 0.3) is 0 Å². The number of carbonyl (C=O) groups is 2. The van der Waals surface area contributed by atoms with Gasteiger partial charge in [0.1, 0.15) is 0 Å². The molecule has 0 saturated carbocycles. The van der Waals surface area contributed by atoms with E-state index in [9.17, 15) is 9.59 Å². The molecule has 6 nitrogen and oxygen atoms in total. The molecule has 3 N–H and O–H groups in total. The van der Waals surface area contributed by atoms with E-state index in [-0.39, 0.29) is 12.6 Å². The lowest BCUT2D eigenvalue weighted by Crippen LogP contribution is -2.48. The second kappa shape index (κ2) is 4.08. The minimum Gasteiger partial charge on any atom is -0.368 e. The zero-order chi connectivity index (χ0) is 9.84. The summed E-state index contributed by atoms with van der Waals surface area (Å²) in [5.41, 5.74) is 5.04. The first kappa shape index (κ1) is 9.79. The molecule has 1 rings (SSSR count). The van der Waals surface area contributed by atoms with Crippen molar-refractivity contribution in [1.82, 2.24) is 15.3 Å². The van der Waals surface area contributed by atoms with Crippen LogP contribution in [0.1, 0.15) is 6.92 Å². The molecule has 6 heteroatoms. The van der Waals surface area contributed by atoms with Crippen LogP contribution in [-0.2, 0) is 4.79 Å². The summed E-state index contributed by atoms with van der Waals surface area (Å²) in [4.78, 5) is 21.8. The molecule has 0 spiro atoms. The van der Waals surface area contributed by atoms with Gasteiger partial charge in [-0.05, 0) is 0 Å². The van der Waals surface area contributed by atoms with Crippen molar-refractivity contribution in [2.24, 2.45) is 5.73 Å². The summed E-state index contributed by atoms with van der Waals surface area (Å²) in [5, 5.41) is 5.79. The lowest BCUT2D eigenvalue weighted by Gasteiger charge is -2.27. The average molecular weight is 186 g/mol. The second-order valence-corrected chi connectivity index (χ2v) is 2.80. The van der Waals surface area contributed by atoms with Crippen LogP contribution in [-0.4, -0.2) is 48.1 Å². The molecule has 13 heavy (non-hydrogen) atoms. The maximum absolute atomic E-state index is 11.2. The summed E-state index contributed by atoms with van der Waals surface area (Å²) in [6.07, 6.45) is 0. The highest BCUT2D eigenvalue weighted by Crippen LogP contribution is 2.02. The molecule has 0 unspecified atom stereocenters. The van der Waals surface area contributed by atoms with Gasteiger partial charge in [-0.15, -0.1) is 0 Å². The van der Waals surface area contributed by atoms with Crippen molar-refractivity contribution in [3.05, 3.63) is 0 Å². The molecular weight excluding hydrogens is 172 g/mol. The van der Waals surface area contributed by atoms with E-state index in [2.05, 4.69) is 5.32 Å². The molecule has 1 aliphatic rings. The predicted molar refractivity (Wildman–Crippen MR) is 46.5 cm³/mol. The Kier molecular flexibility index (Phi) is 3.07. The van der Waals surface area contributed by atoms with E-state index in [1.807, 2.05) is 6.92 Å². The highest BCUT2D eigenvalue weighted by Gasteiger charge is 2.25. The van der Waals surface area contributed by atoms with E-state index in [1.165, 1.54) is 5.01 Å². The fourth-order valence-electron chi connectivity index (χ4n) is 1.28. The molecule has 1 fully saturated rings. The standard InChI is InChI=1S/C7H14N4O2/c1-2-10(5-6(8)12)11-4-3-9-7(11)13/h2-5H2,1H3,(H2,8,12)(H,9,13). The SMILES string of the molecule is CCN(CC(N)=O)N1CCNC1=O. The summed E-state index contributed by atoms with van der Waals surface area (Å²) < 4.78 is 0. The van der Waals surface area contributed by atoms with Crippen LogP contribution >= 0.6 is 0 Å². The van der Waals surface area contributed by atoms with Crippen LogP contribution in [0.3, 0.4) is 0 Å². The number of amides is 3. The molecule has 1 heterocycles. The van der Waals surface area contributed by atoms with E-state index in [1.54, 1.807) is 5.01 Å². The third kappa shape index (κ3) is 2.32. The van der Waals surface area contributed by atoms with Crippen LogP contribution in [0.2, 0.25) is 0 Å². The van der Waals surface area contributed by atoms with Gasteiger partial charge >= 0.3 is 6.03 Å². The van der Waals surface area contributed by atoms with E-state index in [4.69, 9.17) is 5.73 Å². The van der Waals surface area contributed by atoms with Gasteiger partial charge in [0.2, 0.25) is 5.91 Å². The summed E-state index contributed by atoms with van der Waals surface area (Å²) >= 11 is 0. The van der Waals surface area contributed by atoms with E-state index in [0.29, 0.717) is 19.6 Å². The van der Waals surface area contributed by atoms with Gasteiger partial charge in [0, 0.05) is 13.1 Å². The Bertz CT molecular complexity index is 219. The van der Waals surface area contributed by atoms with E-state index in [0.717, 1.165) is 0 Å². The Hall–Kier alpha value is -1.30. The number of hydrogen-bond acceptors (Lipinski definition) is 3. The minimum absolute atomic E-state index is 0.0872. The number of nitrogens with two attached hydrogens (primary N) is 1. The van der Waals surface area contributed by atoms with E-state index >= 15 is 0 Å². The van der Waals surface area contributed by atoms with Crippen molar-refractivity contribution in [2.75, 3.05) is 26.2 Å². The summed E-state index contributed by atoms with van der Waals surface area (Å²) in [6.45, 7) is 3.77. The van der Waals surface area contributed by atoms with Crippen LogP contribution in [0.15, 0.2) is 0 Å². The molecule has 0 aromatic carbocycles. The van der Waals surface area contributed by atoms with E-state index < -0.39 is 5.91 Å². The zero-order valence-corrected chi connectivity index (χ0v) is 7.62. The van der Waals surface area contributed by atoms with Crippen LogP contribution in [0, 0.1) is 0 Å². The number of urea groups is 1. The fraction of sp³-hybridized carbons (Fsp3) is 0.714.